The van der Waals surface area contributed by atoms with Crippen LogP contribution in [0.2, 0.25) is 0 Å². The van der Waals surface area contributed by atoms with E-state index < -0.39 is 5.41 Å². The summed E-state index contributed by atoms with van der Waals surface area (Å²) < 4.78 is 5.48. The third-order valence-corrected chi connectivity index (χ3v) is 5.71. The average molecular weight is 359 g/mol. The molecule has 4 nitrogen and oxygen atoms in total. The summed E-state index contributed by atoms with van der Waals surface area (Å²) in [6, 6.07) is 10.4. The Morgan fingerprint density at radius 3 is 2.92 bits per heavy atom. The number of benzene rings is 1. The molecular weight excluding hydrogens is 332 g/mol. The molecule has 25 heavy (non-hydrogen) atoms. The standard InChI is InChI=1S/C20H26N2O2S/c1-2-24-19(23)20(11-9-17-7-4-3-5-8-17)10-6-13-22(16-20)15-18-21-12-14-25-18/h3-5,7-8,12,14H,2,6,9-11,13,15-16H2,1H3/t20-/m0/s1. The van der Waals surface area contributed by atoms with E-state index in [4.69, 9.17) is 4.74 Å². The minimum atomic E-state index is -0.401. The van der Waals surface area contributed by atoms with Crippen LogP contribution in [0.3, 0.4) is 0 Å². The lowest BCUT2D eigenvalue weighted by Crippen LogP contribution is -2.48. The van der Waals surface area contributed by atoms with Crippen molar-refractivity contribution < 1.29 is 9.53 Å². The molecule has 134 valence electrons. The first-order valence-corrected chi connectivity index (χ1v) is 9.92. The summed E-state index contributed by atoms with van der Waals surface area (Å²) in [5.74, 6) is -0.0326. The van der Waals surface area contributed by atoms with Gasteiger partial charge in [-0.3, -0.25) is 9.69 Å². The van der Waals surface area contributed by atoms with Gasteiger partial charge in [-0.05, 0) is 44.7 Å². The van der Waals surface area contributed by atoms with Gasteiger partial charge < -0.3 is 4.74 Å². The molecule has 2 heterocycles. The van der Waals surface area contributed by atoms with Crippen molar-refractivity contribution in [3.8, 4) is 0 Å². The van der Waals surface area contributed by atoms with E-state index in [9.17, 15) is 4.79 Å². The summed E-state index contributed by atoms with van der Waals surface area (Å²) in [6.07, 6.45) is 5.53. The van der Waals surface area contributed by atoms with Gasteiger partial charge in [-0.15, -0.1) is 11.3 Å². The van der Waals surface area contributed by atoms with Gasteiger partial charge in [0, 0.05) is 18.1 Å². The maximum Gasteiger partial charge on any atom is 0.313 e. The average Bonchev–Trinajstić information content (AvgIpc) is 3.14. The van der Waals surface area contributed by atoms with Gasteiger partial charge in [0.2, 0.25) is 0 Å². The maximum absolute atomic E-state index is 12.8. The van der Waals surface area contributed by atoms with E-state index in [1.54, 1.807) is 11.3 Å². The number of rotatable bonds is 7. The fourth-order valence-corrected chi connectivity index (χ4v) is 4.33. The minimum absolute atomic E-state index is 0.0326. The molecule has 0 aliphatic carbocycles. The first-order valence-electron chi connectivity index (χ1n) is 9.04. The van der Waals surface area contributed by atoms with Gasteiger partial charge in [0.05, 0.1) is 18.6 Å². The molecule has 0 spiro atoms. The van der Waals surface area contributed by atoms with Crippen LogP contribution in [-0.2, 0) is 22.5 Å². The van der Waals surface area contributed by atoms with Crippen molar-refractivity contribution in [1.29, 1.82) is 0 Å². The number of thiazole rings is 1. The molecule has 0 N–H and O–H groups in total. The Labute approximate surface area is 153 Å². The summed E-state index contributed by atoms with van der Waals surface area (Å²) in [7, 11) is 0. The minimum Gasteiger partial charge on any atom is -0.466 e. The van der Waals surface area contributed by atoms with Gasteiger partial charge in [0.1, 0.15) is 5.01 Å². The molecule has 5 heteroatoms. The molecule has 1 aliphatic heterocycles. The highest BCUT2D eigenvalue weighted by Gasteiger charge is 2.43. The van der Waals surface area contributed by atoms with Gasteiger partial charge >= 0.3 is 5.97 Å². The van der Waals surface area contributed by atoms with Crippen LogP contribution < -0.4 is 0 Å². The molecule has 1 saturated heterocycles. The number of hydrogen-bond acceptors (Lipinski definition) is 5. The quantitative estimate of drug-likeness (QED) is 0.704. The Kier molecular flexibility index (Phi) is 6.21. The SMILES string of the molecule is CCOC(=O)[C@]1(CCc2ccccc2)CCCN(Cc2nccs2)C1. The first kappa shape index (κ1) is 18.1. The third-order valence-electron chi connectivity index (χ3n) is 4.94. The zero-order valence-corrected chi connectivity index (χ0v) is 15.6. The number of piperidine rings is 1. The summed E-state index contributed by atoms with van der Waals surface area (Å²) >= 11 is 1.68. The second-order valence-corrected chi connectivity index (χ2v) is 7.71. The lowest BCUT2D eigenvalue weighted by molar-refractivity contribution is -0.160. The third kappa shape index (κ3) is 4.67. The summed E-state index contributed by atoms with van der Waals surface area (Å²) in [6.45, 7) is 4.94. The number of likely N-dealkylation sites (tertiary alicyclic amines) is 1. The van der Waals surface area contributed by atoms with Crippen molar-refractivity contribution in [3.05, 3.63) is 52.5 Å². The molecule has 0 radical (unpaired) electrons. The number of carbonyl (C=O) groups excluding carboxylic acids is 1. The topological polar surface area (TPSA) is 42.4 Å². The van der Waals surface area contributed by atoms with Gasteiger partial charge in [-0.1, -0.05) is 30.3 Å². The van der Waals surface area contributed by atoms with Crippen LogP contribution in [0.1, 0.15) is 36.8 Å². The van der Waals surface area contributed by atoms with Crippen LogP contribution >= 0.6 is 11.3 Å². The van der Waals surface area contributed by atoms with Crippen LogP contribution in [0.5, 0.6) is 0 Å². The second-order valence-electron chi connectivity index (χ2n) is 6.73. The zero-order chi connectivity index (χ0) is 17.5. The second kappa shape index (κ2) is 8.59. The van der Waals surface area contributed by atoms with E-state index in [0.29, 0.717) is 6.61 Å². The lowest BCUT2D eigenvalue weighted by Gasteiger charge is -2.40. The Balaban J connectivity index is 1.72. The van der Waals surface area contributed by atoms with E-state index >= 15 is 0 Å². The number of aromatic nitrogens is 1. The van der Waals surface area contributed by atoms with Crippen LogP contribution in [0, 0.1) is 5.41 Å². The molecule has 1 fully saturated rings. The predicted octanol–water partition coefficient (Wildman–Crippen LogP) is 3.92. The van der Waals surface area contributed by atoms with E-state index in [1.807, 2.05) is 24.6 Å². The summed E-state index contributed by atoms with van der Waals surface area (Å²) in [5.41, 5.74) is 0.879. The molecule has 1 aromatic carbocycles. The molecule has 1 aliphatic rings. The van der Waals surface area contributed by atoms with Gasteiger partial charge in [0.15, 0.2) is 0 Å². The molecule has 2 aromatic rings. The molecule has 0 amide bonds. The van der Waals surface area contributed by atoms with Gasteiger partial charge in [0.25, 0.3) is 0 Å². The zero-order valence-electron chi connectivity index (χ0n) is 14.8. The number of ether oxygens (including phenoxy) is 1. The van der Waals surface area contributed by atoms with E-state index in [2.05, 4.69) is 34.1 Å². The molecule has 3 rings (SSSR count). The number of carbonyl (C=O) groups is 1. The predicted molar refractivity (Wildman–Crippen MR) is 100 cm³/mol. The molecule has 0 saturated carbocycles. The van der Waals surface area contributed by atoms with Crippen molar-refractivity contribution in [3.63, 3.8) is 0 Å². The van der Waals surface area contributed by atoms with Gasteiger partial charge in [-0.25, -0.2) is 4.98 Å². The Hall–Kier alpha value is -1.72. The molecule has 0 bridgehead atoms. The van der Waals surface area contributed by atoms with Crippen LogP contribution in [0.4, 0.5) is 0 Å². The van der Waals surface area contributed by atoms with Crippen molar-refractivity contribution in [1.82, 2.24) is 9.88 Å². The fraction of sp³-hybridized carbons (Fsp3) is 0.500. The molecular formula is C20H26N2O2S. The fourth-order valence-electron chi connectivity index (χ4n) is 3.67. The first-order chi connectivity index (χ1) is 12.2. The largest absolute Gasteiger partial charge is 0.466 e. The monoisotopic (exact) mass is 358 g/mol. The molecule has 0 unspecified atom stereocenters. The Morgan fingerprint density at radius 1 is 1.36 bits per heavy atom. The molecule has 1 atom stereocenters. The van der Waals surface area contributed by atoms with Crippen molar-refractivity contribution >= 4 is 17.3 Å². The highest BCUT2D eigenvalue weighted by Crippen LogP contribution is 2.37. The van der Waals surface area contributed by atoms with E-state index in [0.717, 1.165) is 50.3 Å². The van der Waals surface area contributed by atoms with Crippen molar-refractivity contribution in [2.24, 2.45) is 5.41 Å². The van der Waals surface area contributed by atoms with Crippen molar-refractivity contribution in [2.75, 3.05) is 19.7 Å². The number of esters is 1. The van der Waals surface area contributed by atoms with E-state index in [-0.39, 0.29) is 5.97 Å². The smallest absolute Gasteiger partial charge is 0.313 e. The van der Waals surface area contributed by atoms with Crippen molar-refractivity contribution in [2.45, 2.75) is 39.2 Å². The number of hydrogen-bond donors (Lipinski definition) is 0. The van der Waals surface area contributed by atoms with E-state index in [1.165, 1.54) is 5.56 Å². The normalized spacial score (nSPS) is 21.2. The highest BCUT2D eigenvalue weighted by molar-refractivity contribution is 7.09. The van der Waals surface area contributed by atoms with Crippen LogP contribution in [-0.4, -0.2) is 35.5 Å². The summed E-state index contributed by atoms with van der Waals surface area (Å²) in [5, 5.41) is 3.12. The highest BCUT2D eigenvalue weighted by atomic mass is 32.1. The number of nitrogens with zero attached hydrogens (tertiary/aromatic N) is 2. The Bertz CT molecular complexity index is 660. The number of aryl methyl sites for hydroxylation is 1. The summed E-state index contributed by atoms with van der Waals surface area (Å²) in [4.78, 5) is 19.6. The molecule has 1 aromatic heterocycles. The van der Waals surface area contributed by atoms with Crippen LogP contribution in [0.15, 0.2) is 41.9 Å². The Morgan fingerprint density at radius 2 is 2.20 bits per heavy atom. The van der Waals surface area contributed by atoms with Gasteiger partial charge in [-0.2, -0.15) is 0 Å². The maximum atomic E-state index is 12.8. The van der Waals surface area contributed by atoms with Crippen LogP contribution in [0.25, 0.3) is 0 Å². The lowest BCUT2D eigenvalue weighted by atomic mass is 9.75.